The number of nitrogens with zero attached hydrogens (tertiary/aromatic N) is 2. The summed E-state index contributed by atoms with van der Waals surface area (Å²) >= 11 is 0. The highest BCUT2D eigenvalue weighted by atomic mass is 32.2. The Kier molecular flexibility index (Phi) is 3.41. The molecule has 0 saturated carbocycles. The highest BCUT2D eigenvalue weighted by Crippen LogP contribution is 2.19. The number of piperidine rings is 1. The van der Waals surface area contributed by atoms with Gasteiger partial charge in [-0.25, -0.2) is 12.8 Å². The van der Waals surface area contributed by atoms with Crippen molar-refractivity contribution in [3.05, 3.63) is 24.3 Å². The molecule has 17 heavy (non-hydrogen) atoms. The number of halogens is 1. The summed E-state index contributed by atoms with van der Waals surface area (Å²) < 4.78 is 38.6. The second-order valence-corrected chi connectivity index (χ2v) is 6.04. The van der Waals surface area contributed by atoms with Crippen LogP contribution in [-0.4, -0.2) is 36.8 Å². The monoisotopic (exact) mass is 259 g/mol. The van der Waals surface area contributed by atoms with Gasteiger partial charge in [0.2, 0.25) is 10.0 Å². The summed E-state index contributed by atoms with van der Waals surface area (Å²) in [5, 5.41) is 0. The number of rotatable bonds is 2. The minimum Gasteiger partial charge on any atom is -0.327 e. The van der Waals surface area contributed by atoms with Gasteiger partial charge in [0.05, 0.1) is 6.20 Å². The van der Waals surface area contributed by atoms with E-state index in [4.69, 9.17) is 5.73 Å². The van der Waals surface area contributed by atoms with E-state index in [9.17, 15) is 12.8 Å². The van der Waals surface area contributed by atoms with Gasteiger partial charge >= 0.3 is 0 Å². The maximum absolute atomic E-state index is 13.0. The SMILES string of the molecule is NC1CCCN(S(=O)(=O)c2cncc(F)c2)C1. The first-order chi connectivity index (χ1) is 8.00. The molecule has 1 unspecified atom stereocenters. The van der Waals surface area contributed by atoms with E-state index in [1.165, 1.54) is 4.31 Å². The predicted octanol–water partition coefficient (Wildman–Crippen LogP) is 0.332. The minimum atomic E-state index is -3.67. The third-order valence-electron chi connectivity index (χ3n) is 2.74. The van der Waals surface area contributed by atoms with Crippen molar-refractivity contribution in [1.82, 2.24) is 9.29 Å². The normalized spacial score (nSPS) is 22.6. The highest BCUT2D eigenvalue weighted by molar-refractivity contribution is 7.89. The standard InChI is InChI=1S/C10H14FN3O2S/c11-8-4-10(6-13-5-8)17(15,16)14-3-1-2-9(12)7-14/h4-6,9H,1-3,7,12H2. The molecule has 2 heterocycles. The molecule has 1 aromatic rings. The van der Waals surface area contributed by atoms with Gasteiger partial charge in [0, 0.05) is 25.3 Å². The number of pyridine rings is 1. The molecule has 0 bridgehead atoms. The molecule has 1 saturated heterocycles. The second kappa shape index (κ2) is 4.67. The van der Waals surface area contributed by atoms with E-state index < -0.39 is 15.8 Å². The summed E-state index contributed by atoms with van der Waals surface area (Å²) in [7, 11) is -3.67. The van der Waals surface area contributed by atoms with Gasteiger partial charge in [-0.05, 0) is 18.9 Å². The number of sulfonamides is 1. The van der Waals surface area contributed by atoms with Gasteiger partial charge in [-0.3, -0.25) is 4.98 Å². The van der Waals surface area contributed by atoms with Crippen LogP contribution >= 0.6 is 0 Å². The summed E-state index contributed by atoms with van der Waals surface area (Å²) in [6.07, 6.45) is 3.66. The summed E-state index contributed by atoms with van der Waals surface area (Å²) in [5.41, 5.74) is 5.73. The maximum atomic E-state index is 13.0. The lowest BCUT2D eigenvalue weighted by Gasteiger charge is -2.29. The second-order valence-electron chi connectivity index (χ2n) is 4.10. The average Bonchev–Trinajstić information content (AvgIpc) is 2.29. The van der Waals surface area contributed by atoms with Crippen molar-refractivity contribution in [2.45, 2.75) is 23.8 Å². The third-order valence-corrected chi connectivity index (χ3v) is 4.57. The van der Waals surface area contributed by atoms with E-state index in [0.717, 1.165) is 31.3 Å². The van der Waals surface area contributed by atoms with Gasteiger partial charge in [0.25, 0.3) is 0 Å². The molecule has 7 heteroatoms. The molecule has 5 nitrogen and oxygen atoms in total. The van der Waals surface area contributed by atoms with Crippen molar-refractivity contribution >= 4 is 10.0 Å². The third kappa shape index (κ3) is 2.62. The number of hydrogen-bond acceptors (Lipinski definition) is 4. The fourth-order valence-corrected chi connectivity index (χ4v) is 3.39. The lowest BCUT2D eigenvalue weighted by atomic mass is 10.1. The molecule has 1 fully saturated rings. The van der Waals surface area contributed by atoms with Crippen LogP contribution in [0, 0.1) is 5.82 Å². The fourth-order valence-electron chi connectivity index (χ4n) is 1.87. The summed E-state index contributed by atoms with van der Waals surface area (Å²) in [4.78, 5) is 3.43. The Balaban J connectivity index is 2.29. The van der Waals surface area contributed by atoms with Gasteiger partial charge in [0.1, 0.15) is 10.7 Å². The highest BCUT2D eigenvalue weighted by Gasteiger charge is 2.29. The fraction of sp³-hybridized carbons (Fsp3) is 0.500. The quantitative estimate of drug-likeness (QED) is 0.830. The molecule has 0 aliphatic carbocycles. The van der Waals surface area contributed by atoms with Crippen molar-refractivity contribution in [3.63, 3.8) is 0 Å². The topological polar surface area (TPSA) is 76.3 Å². The Labute approximate surface area is 99.5 Å². The Morgan fingerprint density at radius 1 is 1.47 bits per heavy atom. The smallest absolute Gasteiger partial charge is 0.244 e. The zero-order valence-corrected chi connectivity index (χ0v) is 10.0. The molecule has 0 amide bonds. The van der Waals surface area contributed by atoms with Crippen LogP contribution in [0.5, 0.6) is 0 Å². The molecular formula is C10H14FN3O2S. The van der Waals surface area contributed by atoms with Crippen LogP contribution in [0.3, 0.4) is 0 Å². The molecule has 2 N–H and O–H groups in total. The van der Waals surface area contributed by atoms with E-state index in [1.54, 1.807) is 0 Å². The van der Waals surface area contributed by atoms with E-state index in [1.807, 2.05) is 0 Å². The number of aromatic nitrogens is 1. The summed E-state index contributed by atoms with van der Waals surface area (Å²) in [6, 6.07) is 0.822. The van der Waals surface area contributed by atoms with Crippen LogP contribution in [0.15, 0.2) is 23.4 Å². The van der Waals surface area contributed by atoms with Crippen molar-refractivity contribution < 1.29 is 12.8 Å². The van der Waals surface area contributed by atoms with Crippen LogP contribution in [0.1, 0.15) is 12.8 Å². The number of hydrogen-bond donors (Lipinski definition) is 1. The zero-order chi connectivity index (χ0) is 12.5. The van der Waals surface area contributed by atoms with Crippen LogP contribution in [-0.2, 0) is 10.0 Å². The van der Waals surface area contributed by atoms with Crippen LogP contribution in [0.2, 0.25) is 0 Å². The predicted molar refractivity (Wildman–Crippen MR) is 60.2 cm³/mol. The molecule has 0 aromatic carbocycles. The van der Waals surface area contributed by atoms with Crippen molar-refractivity contribution in [1.29, 1.82) is 0 Å². The van der Waals surface area contributed by atoms with Gasteiger partial charge in [-0.2, -0.15) is 4.31 Å². The van der Waals surface area contributed by atoms with Gasteiger partial charge < -0.3 is 5.73 Å². The van der Waals surface area contributed by atoms with Crippen molar-refractivity contribution in [2.75, 3.05) is 13.1 Å². The molecule has 1 aliphatic rings. The van der Waals surface area contributed by atoms with E-state index >= 15 is 0 Å². The Hall–Kier alpha value is -1.05. The molecular weight excluding hydrogens is 245 g/mol. The first-order valence-corrected chi connectivity index (χ1v) is 6.80. The molecule has 2 rings (SSSR count). The zero-order valence-electron chi connectivity index (χ0n) is 9.21. The first-order valence-electron chi connectivity index (χ1n) is 5.36. The Morgan fingerprint density at radius 3 is 2.88 bits per heavy atom. The van der Waals surface area contributed by atoms with Gasteiger partial charge in [0.15, 0.2) is 0 Å². The Morgan fingerprint density at radius 2 is 2.24 bits per heavy atom. The van der Waals surface area contributed by atoms with Crippen LogP contribution in [0.4, 0.5) is 4.39 Å². The lowest BCUT2D eigenvalue weighted by molar-refractivity contribution is 0.316. The Bertz CT molecular complexity index is 506. The molecule has 0 radical (unpaired) electrons. The number of nitrogens with two attached hydrogens (primary N) is 1. The van der Waals surface area contributed by atoms with Crippen LogP contribution < -0.4 is 5.73 Å². The minimum absolute atomic E-state index is 0.119. The largest absolute Gasteiger partial charge is 0.327 e. The van der Waals surface area contributed by atoms with E-state index in [2.05, 4.69) is 4.98 Å². The van der Waals surface area contributed by atoms with Crippen molar-refractivity contribution in [3.8, 4) is 0 Å². The van der Waals surface area contributed by atoms with Gasteiger partial charge in [-0.15, -0.1) is 0 Å². The van der Waals surface area contributed by atoms with E-state index in [-0.39, 0.29) is 17.5 Å². The molecule has 1 aromatic heterocycles. The van der Waals surface area contributed by atoms with Crippen molar-refractivity contribution in [2.24, 2.45) is 5.73 Å². The summed E-state index contributed by atoms with van der Waals surface area (Å²) in [6.45, 7) is 0.700. The molecule has 0 spiro atoms. The molecule has 94 valence electrons. The summed E-state index contributed by atoms with van der Waals surface area (Å²) in [5.74, 6) is -0.660. The van der Waals surface area contributed by atoms with Gasteiger partial charge in [-0.1, -0.05) is 0 Å². The molecule has 1 atom stereocenters. The average molecular weight is 259 g/mol. The van der Waals surface area contributed by atoms with Crippen LogP contribution in [0.25, 0.3) is 0 Å². The first kappa shape index (κ1) is 12.4. The molecule has 1 aliphatic heterocycles. The van der Waals surface area contributed by atoms with E-state index in [0.29, 0.717) is 6.54 Å². The maximum Gasteiger partial charge on any atom is 0.244 e. The lowest BCUT2D eigenvalue weighted by Crippen LogP contribution is -2.45.